The molecule has 0 fully saturated rings. The van der Waals surface area contributed by atoms with Crippen LogP contribution >= 0.6 is 0 Å². The van der Waals surface area contributed by atoms with Crippen LogP contribution < -0.4 is 10.3 Å². The molecule has 0 saturated carbocycles. The van der Waals surface area contributed by atoms with Crippen molar-refractivity contribution in [1.29, 1.82) is 0 Å². The highest BCUT2D eigenvalue weighted by atomic mass is 19.4. The van der Waals surface area contributed by atoms with Crippen LogP contribution in [0.2, 0.25) is 0 Å². The van der Waals surface area contributed by atoms with Gasteiger partial charge in [0.05, 0.1) is 5.69 Å². The maximum atomic E-state index is 12.2. The molecule has 0 aliphatic heterocycles. The van der Waals surface area contributed by atoms with Crippen LogP contribution in [0.15, 0.2) is 10.9 Å². The van der Waals surface area contributed by atoms with E-state index in [4.69, 9.17) is 5.11 Å². The summed E-state index contributed by atoms with van der Waals surface area (Å²) in [6.45, 7) is -1.22. The lowest BCUT2D eigenvalue weighted by molar-refractivity contribution is -0.275. The first-order valence-corrected chi connectivity index (χ1v) is 4.06. The Balaban J connectivity index is 3.37. The molecule has 1 heterocycles. The average Bonchev–Trinajstić information content (AvgIpc) is 2.18. The number of rotatable bonds is 3. The Bertz CT molecular complexity index is 493. The van der Waals surface area contributed by atoms with Crippen LogP contribution in [0.3, 0.4) is 0 Å². The SMILES string of the molecule is O=C(O)c1cc(CF)[nH]c(=O)c1OC(F)(F)F. The Kier molecular flexibility index (Phi) is 3.39. The highest BCUT2D eigenvalue weighted by molar-refractivity contribution is 5.90. The van der Waals surface area contributed by atoms with Gasteiger partial charge in [-0.2, -0.15) is 0 Å². The first-order chi connectivity index (χ1) is 7.74. The molecule has 5 nitrogen and oxygen atoms in total. The second kappa shape index (κ2) is 4.44. The Morgan fingerprint density at radius 2 is 2.06 bits per heavy atom. The molecule has 0 unspecified atom stereocenters. The molecule has 1 aromatic rings. The fourth-order valence-corrected chi connectivity index (χ4v) is 1.05. The van der Waals surface area contributed by atoms with Crippen LogP contribution in [0.25, 0.3) is 0 Å². The highest BCUT2D eigenvalue weighted by Gasteiger charge is 2.34. The van der Waals surface area contributed by atoms with Crippen molar-refractivity contribution in [3.63, 3.8) is 0 Å². The molecular weight excluding hydrogens is 250 g/mol. The molecule has 9 heteroatoms. The van der Waals surface area contributed by atoms with Gasteiger partial charge >= 0.3 is 12.3 Å². The van der Waals surface area contributed by atoms with Gasteiger partial charge in [-0.05, 0) is 6.07 Å². The monoisotopic (exact) mass is 255 g/mol. The van der Waals surface area contributed by atoms with E-state index < -0.39 is 41.6 Å². The molecule has 94 valence electrons. The fraction of sp³-hybridized carbons (Fsp3) is 0.250. The maximum absolute atomic E-state index is 12.2. The van der Waals surface area contributed by atoms with Crippen molar-refractivity contribution in [3.05, 3.63) is 27.7 Å². The molecule has 2 N–H and O–H groups in total. The number of hydrogen-bond donors (Lipinski definition) is 2. The molecule has 0 atom stereocenters. The van der Waals surface area contributed by atoms with Crippen molar-refractivity contribution in [2.75, 3.05) is 0 Å². The van der Waals surface area contributed by atoms with Gasteiger partial charge < -0.3 is 14.8 Å². The molecule has 0 aromatic carbocycles. The number of aromatic nitrogens is 1. The summed E-state index contributed by atoms with van der Waals surface area (Å²) >= 11 is 0. The van der Waals surface area contributed by atoms with Crippen molar-refractivity contribution in [3.8, 4) is 5.75 Å². The minimum Gasteiger partial charge on any atom is -0.478 e. The van der Waals surface area contributed by atoms with Crippen LogP contribution in [-0.2, 0) is 6.67 Å². The van der Waals surface area contributed by atoms with Crippen LogP contribution in [-0.4, -0.2) is 22.4 Å². The van der Waals surface area contributed by atoms with Crippen molar-refractivity contribution in [2.24, 2.45) is 0 Å². The van der Waals surface area contributed by atoms with E-state index >= 15 is 0 Å². The summed E-state index contributed by atoms with van der Waals surface area (Å²) in [7, 11) is 0. The zero-order chi connectivity index (χ0) is 13.2. The molecule has 0 amide bonds. The topological polar surface area (TPSA) is 79.4 Å². The van der Waals surface area contributed by atoms with Crippen molar-refractivity contribution < 1.29 is 32.2 Å². The fourth-order valence-electron chi connectivity index (χ4n) is 1.05. The van der Waals surface area contributed by atoms with Gasteiger partial charge in [-0.25, -0.2) is 9.18 Å². The lowest BCUT2D eigenvalue weighted by Gasteiger charge is -2.10. The number of halogens is 4. The Labute approximate surface area is 90.6 Å². The lowest BCUT2D eigenvalue weighted by atomic mass is 10.2. The van der Waals surface area contributed by atoms with Crippen LogP contribution in [0.1, 0.15) is 16.1 Å². The summed E-state index contributed by atoms with van der Waals surface area (Å²) in [5.74, 6) is -3.26. The zero-order valence-electron chi connectivity index (χ0n) is 7.97. The number of ether oxygens (including phenoxy) is 1. The van der Waals surface area contributed by atoms with E-state index in [1.54, 1.807) is 4.98 Å². The maximum Gasteiger partial charge on any atom is 0.573 e. The molecule has 0 aliphatic rings. The Hall–Kier alpha value is -2.06. The first kappa shape index (κ1) is 13.0. The number of aromatic amines is 1. The van der Waals surface area contributed by atoms with Crippen LogP contribution in [0.5, 0.6) is 5.75 Å². The van der Waals surface area contributed by atoms with Crippen LogP contribution in [0, 0.1) is 0 Å². The summed E-state index contributed by atoms with van der Waals surface area (Å²) in [5, 5.41) is 8.58. The van der Waals surface area contributed by atoms with Gasteiger partial charge in [0.1, 0.15) is 12.2 Å². The molecule has 0 bridgehead atoms. The van der Waals surface area contributed by atoms with Gasteiger partial charge in [-0.3, -0.25) is 4.79 Å². The molecule has 0 spiro atoms. The average molecular weight is 255 g/mol. The number of pyridine rings is 1. The van der Waals surface area contributed by atoms with E-state index in [-0.39, 0.29) is 0 Å². The van der Waals surface area contributed by atoms with Crippen LogP contribution in [0.4, 0.5) is 17.6 Å². The van der Waals surface area contributed by atoms with E-state index in [2.05, 4.69) is 4.74 Å². The summed E-state index contributed by atoms with van der Waals surface area (Å²) in [4.78, 5) is 23.4. The second-order valence-electron chi connectivity index (χ2n) is 2.85. The predicted octanol–water partition coefficient (Wildman–Crippen LogP) is 1.44. The summed E-state index contributed by atoms with van der Waals surface area (Å²) in [5.41, 5.74) is -2.98. The number of nitrogens with one attached hydrogen (secondary N) is 1. The number of H-pyrrole nitrogens is 1. The van der Waals surface area contributed by atoms with Gasteiger partial charge in [0.25, 0.3) is 5.56 Å². The van der Waals surface area contributed by atoms with Crippen molar-refractivity contribution in [1.82, 2.24) is 4.98 Å². The third kappa shape index (κ3) is 3.20. The number of hydrogen-bond acceptors (Lipinski definition) is 3. The normalized spacial score (nSPS) is 11.3. The number of carboxylic acids is 1. The second-order valence-corrected chi connectivity index (χ2v) is 2.85. The molecule has 17 heavy (non-hydrogen) atoms. The Morgan fingerprint density at radius 1 is 1.47 bits per heavy atom. The molecule has 0 radical (unpaired) electrons. The molecule has 0 saturated heterocycles. The first-order valence-electron chi connectivity index (χ1n) is 4.06. The summed E-state index contributed by atoms with van der Waals surface area (Å²) in [6.07, 6.45) is -5.21. The third-order valence-corrected chi connectivity index (χ3v) is 1.64. The summed E-state index contributed by atoms with van der Waals surface area (Å²) < 4.78 is 51.2. The van der Waals surface area contributed by atoms with E-state index in [9.17, 15) is 27.2 Å². The lowest BCUT2D eigenvalue weighted by Crippen LogP contribution is -2.25. The standard InChI is InChI=1S/C8H5F4NO4/c9-2-3-1-4(7(15)16)5(6(14)13-3)17-8(10,11)12/h1H,2H2,(H,13,14)(H,15,16). The number of carboxylic acid groups (broad SMARTS) is 1. The minimum atomic E-state index is -5.21. The predicted molar refractivity (Wildman–Crippen MR) is 45.5 cm³/mol. The van der Waals surface area contributed by atoms with E-state index in [0.717, 1.165) is 0 Å². The quantitative estimate of drug-likeness (QED) is 0.801. The number of carbonyl (C=O) groups is 1. The van der Waals surface area contributed by atoms with Gasteiger partial charge in [-0.1, -0.05) is 0 Å². The van der Waals surface area contributed by atoms with E-state index in [0.29, 0.717) is 6.07 Å². The molecule has 0 aliphatic carbocycles. The molecule has 1 aromatic heterocycles. The highest BCUT2D eigenvalue weighted by Crippen LogP contribution is 2.23. The molecular formula is C8H5F4NO4. The van der Waals surface area contributed by atoms with Gasteiger partial charge in [0, 0.05) is 0 Å². The van der Waals surface area contributed by atoms with Gasteiger partial charge in [0.15, 0.2) is 0 Å². The minimum absolute atomic E-state index is 0.457. The van der Waals surface area contributed by atoms with Gasteiger partial charge in [-0.15, -0.1) is 13.2 Å². The summed E-state index contributed by atoms with van der Waals surface area (Å²) in [6, 6.07) is 0.560. The zero-order valence-corrected chi connectivity index (χ0v) is 7.97. The number of aromatic carboxylic acids is 1. The third-order valence-electron chi connectivity index (χ3n) is 1.64. The largest absolute Gasteiger partial charge is 0.573 e. The number of alkyl halides is 4. The van der Waals surface area contributed by atoms with E-state index in [1.165, 1.54) is 0 Å². The smallest absolute Gasteiger partial charge is 0.478 e. The van der Waals surface area contributed by atoms with Gasteiger partial charge in [0.2, 0.25) is 5.75 Å². The van der Waals surface area contributed by atoms with E-state index in [1.807, 2.05) is 0 Å². The van der Waals surface area contributed by atoms with Crippen molar-refractivity contribution in [2.45, 2.75) is 13.0 Å². The molecule has 1 rings (SSSR count). The Morgan fingerprint density at radius 3 is 2.47 bits per heavy atom. The van der Waals surface area contributed by atoms with Crippen molar-refractivity contribution >= 4 is 5.97 Å².